The number of allylic oxidation sites excluding steroid dienone is 3. The highest BCUT2D eigenvalue weighted by Crippen LogP contribution is 2.50. The van der Waals surface area contributed by atoms with Gasteiger partial charge < -0.3 is 0 Å². The molecule has 0 saturated carbocycles. The summed E-state index contributed by atoms with van der Waals surface area (Å²) in [7, 11) is 0. The van der Waals surface area contributed by atoms with Gasteiger partial charge in [0, 0.05) is 45.8 Å². The van der Waals surface area contributed by atoms with Crippen LogP contribution in [0.25, 0.3) is 22.5 Å². The number of ketones is 1. The van der Waals surface area contributed by atoms with Crippen LogP contribution in [0.1, 0.15) is 27.0 Å². The van der Waals surface area contributed by atoms with Crippen LogP contribution in [0.15, 0.2) is 66.0 Å². The lowest BCUT2D eigenvalue weighted by atomic mass is 9.91. The van der Waals surface area contributed by atoms with Crippen molar-refractivity contribution in [2.45, 2.75) is 0 Å². The van der Waals surface area contributed by atoms with Gasteiger partial charge in [0.1, 0.15) is 23.5 Å². The lowest BCUT2D eigenvalue weighted by Crippen LogP contribution is -2.01. The molecule has 134 valence electrons. The third-order valence-electron chi connectivity index (χ3n) is 5.07. The van der Waals surface area contributed by atoms with Crippen molar-refractivity contribution in [2.75, 3.05) is 0 Å². The van der Waals surface area contributed by atoms with Crippen LogP contribution in [-0.4, -0.2) is 15.8 Å². The second kappa shape index (κ2) is 6.05. The Morgan fingerprint density at radius 1 is 0.828 bits per heavy atom. The maximum atomic E-state index is 13.9. The van der Waals surface area contributed by atoms with Crippen molar-refractivity contribution in [2.24, 2.45) is 0 Å². The third-order valence-corrected chi connectivity index (χ3v) is 5.07. The van der Waals surface area contributed by atoms with E-state index in [1.54, 1.807) is 24.5 Å². The van der Waals surface area contributed by atoms with Gasteiger partial charge in [-0.1, -0.05) is 18.2 Å². The average Bonchev–Trinajstić information content (AvgIpc) is 3.22. The smallest absolute Gasteiger partial charge is 0.195 e. The molecule has 2 aliphatic rings. The van der Waals surface area contributed by atoms with Crippen molar-refractivity contribution in [3.8, 4) is 23.5 Å². The molecule has 1 aromatic carbocycles. The summed E-state index contributed by atoms with van der Waals surface area (Å²) in [6.07, 6.45) is 3.27. The normalized spacial score (nSPS) is 13.5. The molecule has 0 aliphatic heterocycles. The minimum atomic E-state index is -0.561. The summed E-state index contributed by atoms with van der Waals surface area (Å²) in [6, 6.07) is 14.7. The summed E-state index contributed by atoms with van der Waals surface area (Å²) < 4.78 is 13.9. The number of fused-ring (bicyclic) bond motifs is 4. The molecule has 6 heteroatoms. The molecule has 0 N–H and O–H groups in total. The molecule has 0 fully saturated rings. The van der Waals surface area contributed by atoms with Gasteiger partial charge in [-0.3, -0.25) is 14.8 Å². The molecule has 2 aliphatic carbocycles. The average molecular weight is 376 g/mol. The van der Waals surface area contributed by atoms with Gasteiger partial charge >= 0.3 is 0 Å². The van der Waals surface area contributed by atoms with Gasteiger partial charge in [-0.2, -0.15) is 10.5 Å². The van der Waals surface area contributed by atoms with E-state index in [0.29, 0.717) is 33.7 Å². The predicted molar refractivity (Wildman–Crippen MR) is 102 cm³/mol. The fraction of sp³-hybridized carbons (Fsp3) is 0. The van der Waals surface area contributed by atoms with Crippen LogP contribution < -0.4 is 0 Å². The van der Waals surface area contributed by atoms with Crippen LogP contribution in [0, 0.1) is 28.5 Å². The third kappa shape index (κ3) is 2.20. The monoisotopic (exact) mass is 376 g/mol. The van der Waals surface area contributed by atoms with Crippen molar-refractivity contribution in [1.29, 1.82) is 10.5 Å². The van der Waals surface area contributed by atoms with E-state index in [4.69, 9.17) is 0 Å². The Hall–Kier alpha value is -4.42. The number of nitrogens with zero attached hydrogens (tertiary/aromatic N) is 4. The van der Waals surface area contributed by atoms with Crippen LogP contribution in [0.2, 0.25) is 0 Å². The fourth-order valence-electron chi connectivity index (χ4n) is 3.95. The predicted octanol–water partition coefficient (Wildman–Crippen LogP) is 4.10. The minimum Gasteiger partial charge on any atom is -0.289 e. The zero-order chi connectivity index (χ0) is 20.1. The quantitative estimate of drug-likeness (QED) is 0.340. The summed E-state index contributed by atoms with van der Waals surface area (Å²) in [5.41, 5.74) is 3.89. The largest absolute Gasteiger partial charge is 0.289 e. The summed E-state index contributed by atoms with van der Waals surface area (Å²) in [5.74, 6) is -0.993. The lowest BCUT2D eigenvalue weighted by molar-refractivity contribution is 0.104. The molecular formula is C23H9FN4O. The molecule has 2 heterocycles. The Labute approximate surface area is 164 Å². The number of carbonyl (C=O) groups excluding carboxylic acids is 1. The Kier molecular flexibility index (Phi) is 3.49. The van der Waals surface area contributed by atoms with E-state index in [1.807, 2.05) is 24.3 Å². The molecule has 3 aromatic rings. The molecular weight excluding hydrogens is 367 g/mol. The zero-order valence-corrected chi connectivity index (χ0v) is 14.8. The van der Waals surface area contributed by atoms with Gasteiger partial charge in [0.2, 0.25) is 0 Å². The number of rotatable bonds is 0. The van der Waals surface area contributed by atoms with Crippen molar-refractivity contribution in [3.05, 3.63) is 94.1 Å². The van der Waals surface area contributed by atoms with Crippen molar-refractivity contribution >= 4 is 16.9 Å². The number of Topliss-reactive ketones (excluding diaryl/α,β-unsaturated/α-hetero) is 1. The SMILES string of the molecule is N#CC(C#N)=C1C(=C2c3cccnc3-c3ncccc32)C(=O)c2cc(F)ccc21. The van der Waals surface area contributed by atoms with Gasteiger partial charge in [0.25, 0.3) is 0 Å². The summed E-state index contributed by atoms with van der Waals surface area (Å²) in [5, 5.41) is 19.1. The van der Waals surface area contributed by atoms with Crippen molar-refractivity contribution < 1.29 is 9.18 Å². The molecule has 5 nitrogen and oxygen atoms in total. The van der Waals surface area contributed by atoms with E-state index in [1.165, 1.54) is 12.1 Å². The first-order chi connectivity index (χ1) is 14.2. The number of pyridine rings is 2. The van der Waals surface area contributed by atoms with Gasteiger partial charge in [-0.25, -0.2) is 4.39 Å². The van der Waals surface area contributed by atoms with Crippen LogP contribution in [-0.2, 0) is 0 Å². The molecule has 2 aromatic heterocycles. The topological polar surface area (TPSA) is 90.4 Å². The van der Waals surface area contributed by atoms with Gasteiger partial charge in [0.05, 0.1) is 11.4 Å². The Morgan fingerprint density at radius 3 is 2.03 bits per heavy atom. The zero-order valence-electron chi connectivity index (χ0n) is 14.8. The minimum absolute atomic E-state index is 0.133. The summed E-state index contributed by atoms with van der Waals surface area (Å²) >= 11 is 0. The molecule has 29 heavy (non-hydrogen) atoms. The number of nitriles is 2. The van der Waals surface area contributed by atoms with Gasteiger partial charge in [0.15, 0.2) is 5.78 Å². The van der Waals surface area contributed by atoms with E-state index in [0.717, 1.165) is 6.07 Å². The first-order valence-electron chi connectivity index (χ1n) is 8.70. The van der Waals surface area contributed by atoms with E-state index < -0.39 is 11.6 Å². The number of hydrogen-bond donors (Lipinski definition) is 0. The first-order valence-corrected chi connectivity index (χ1v) is 8.70. The van der Waals surface area contributed by atoms with Gasteiger partial charge in [-0.05, 0) is 29.8 Å². The van der Waals surface area contributed by atoms with Crippen molar-refractivity contribution in [1.82, 2.24) is 9.97 Å². The number of hydrogen-bond acceptors (Lipinski definition) is 5. The molecule has 0 spiro atoms. The van der Waals surface area contributed by atoms with Gasteiger partial charge in [-0.15, -0.1) is 0 Å². The highest BCUT2D eigenvalue weighted by atomic mass is 19.1. The molecule has 0 bridgehead atoms. The Balaban J connectivity index is 1.97. The van der Waals surface area contributed by atoms with E-state index in [9.17, 15) is 19.7 Å². The second-order valence-electron chi connectivity index (χ2n) is 6.54. The summed E-state index contributed by atoms with van der Waals surface area (Å²) in [6.45, 7) is 0. The standard InChI is InChI=1S/C23H9FN4O/c24-13-5-6-14-17(9-13)23(29)20(18(14)12(10-25)11-26)19-15-3-1-7-27-21(15)22-16(19)4-2-8-28-22/h1-9H. The number of carbonyl (C=O) groups is 1. The van der Waals surface area contributed by atoms with Crippen LogP contribution in [0.3, 0.4) is 0 Å². The van der Waals surface area contributed by atoms with E-state index in [2.05, 4.69) is 9.97 Å². The Bertz CT molecular complexity index is 1340. The maximum Gasteiger partial charge on any atom is 0.195 e. The van der Waals surface area contributed by atoms with E-state index in [-0.39, 0.29) is 22.3 Å². The van der Waals surface area contributed by atoms with Crippen LogP contribution in [0.5, 0.6) is 0 Å². The van der Waals surface area contributed by atoms with Crippen LogP contribution >= 0.6 is 0 Å². The first kappa shape index (κ1) is 16.7. The molecule has 0 saturated heterocycles. The maximum absolute atomic E-state index is 13.9. The number of benzene rings is 1. The van der Waals surface area contributed by atoms with Crippen molar-refractivity contribution in [3.63, 3.8) is 0 Å². The molecule has 5 rings (SSSR count). The highest BCUT2D eigenvalue weighted by Gasteiger charge is 2.39. The second-order valence-corrected chi connectivity index (χ2v) is 6.54. The highest BCUT2D eigenvalue weighted by molar-refractivity contribution is 6.33. The Morgan fingerprint density at radius 2 is 1.45 bits per heavy atom. The number of aromatic nitrogens is 2. The van der Waals surface area contributed by atoms with E-state index >= 15 is 0 Å². The molecule has 0 radical (unpaired) electrons. The molecule has 0 amide bonds. The number of halogens is 1. The molecule has 0 unspecified atom stereocenters. The lowest BCUT2D eigenvalue weighted by Gasteiger charge is -2.09. The summed E-state index contributed by atoms with van der Waals surface area (Å²) in [4.78, 5) is 22.2. The fourth-order valence-corrected chi connectivity index (χ4v) is 3.95. The molecule has 0 atom stereocenters. The van der Waals surface area contributed by atoms with Crippen LogP contribution in [0.4, 0.5) is 4.39 Å².